The monoisotopic (exact) mass is 384 g/mol. The lowest BCUT2D eigenvalue weighted by Gasteiger charge is -2.29. The highest BCUT2D eigenvalue weighted by atomic mass is 16.6. The zero-order valence-electron chi connectivity index (χ0n) is 15.3. The Labute approximate surface area is 161 Å². The Morgan fingerprint density at radius 2 is 1.96 bits per heavy atom. The Morgan fingerprint density at radius 3 is 2.61 bits per heavy atom. The summed E-state index contributed by atoms with van der Waals surface area (Å²) in [6.45, 7) is 2.53. The van der Waals surface area contributed by atoms with Gasteiger partial charge in [-0.1, -0.05) is 0 Å². The zero-order chi connectivity index (χ0) is 19.9. The molecule has 0 bridgehead atoms. The number of morpholine rings is 1. The minimum absolute atomic E-state index is 0.0417. The van der Waals surface area contributed by atoms with Crippen LogP contribution in [0.25, 0.3) is 0 Å². The van der Waals surface area contributed by atoms with E-state index in [-0.39, 0.29) is 5.69 Å². The Bertz CT molecular complexity index is 876. The predicted molar refractivity (Wildman–Crippen MR) is 104 cm³/mol. The van der Waals surface area contributed by atoms with Gasteiger partial charge >= 0.3 is 0 Å². The van der Waals surface area contributed by atoms with E-state index >= 15 is 0 Å². The first-order valence-corrected chi connectivity index (χ1v) is 8.67. The van der Waals surface area contributed by atoms with Gasteiger partial charge in [0.2, 0.25) is 0 Å². The molecule has 1 N–H and O–H groups in total. The number of carbonyl (C=O) groups excluding carboxylic acids is 1. The van der Waals surface area contributed by atoms with E-state index < -0.39 is 10.8 Å². The number of amides is 1. The number of nitro benzene ring substituents is 1. The second-order valence-electron chi connectivity index (χ2n) is 6.03. The molecule has 0 aliphatic carbocycles. The molecule has 1 fully saturated rings. The zero-order valence-corrected chi connectivity index (χ0v) is 15.3. The van der Waals surface area contributed by atoms with Crippen molar-refractivity contribution in [1.29, 1.82) is 0 Å². The molecule has 1 saturated heterocycles. The molecule has 9 nitrogen and oxygen atoms in total. The number of nitrogens with zero attached hydrogens (tertiary/aromatic N) is 3. The van der Waals surface area contributed by atoms with Gasteiger partial charge in [0.1, 0.15) is 5.75 Å². The molecule has 146 valence electrons. The molecule has 0 unspecified atom stereocenters. The van der Waals surface area contributed by atoms with Crippen LogP contribution in [-0.2, 0) is 4.74 Å². The highest BCUT2D eigenvalue weighted by Crippen LogP contribution is 2.25. The number of benzene rings is 2. The Kier molecular flexibility index (Phi) is 6.18. The Morgan fingerprint density at radius 1 is 1.25 bits per heavy atom. The highest BCUT2D eigenvalue weighted by Gasteiger charge is 2.17. The van der Waals surface area contributed by atoms with Gasteiger partial charge in [0.25, 0.3) is 11.6 Å². The second kappa shape index (κ2) is 8.96. The summed E-state index contributed by atoms with van der Waals surface area (Å²) in [5.74, 6) is 0.254. The first kappa shape index (κ1) is 19.3. The fraction of sp³-hybridized carbons (Fsp3) is 0.263. The summed E-state index contributed by atoms with van der Waals surface area (Å²) >= 11 is 0. The number of hydrazone groups is 1. The number of non-ortho nitro benzene ring substituents is 1. The molecule has 2 aromatic rings. The third kappa shape index (κ3) is 4.63. The smallest absolute Gasteiger partial charge is 0.271 e. The number of ether oxygens (including phenoxy) is 2. The van der Waals surface area contributed by atoms with Crippen LogP contribution in [0, 0.1) is 10.1 Å². The van der Waals surface area contributed by atoms with Crippen LogP contribution in [0.3, 0.4) is 0 Å². The minimum atomic E-state index is -0.462. The third-order valence-corrected chi connectivity index (χ3v) is 4.30. The molecular formula is C19H20N4O5. The quantitative estimate of drug-likeness (QED) is 0.465. The molecule has 2 aromatic carbocycles. The molecule has 0 saturated carbocycles. The van der Waals surface area contributed by atoms with Crippen LogP contribution in [0.15, 0.2) is 47.6 Å². The van der Waals surface area contributed by atoms with Crippen molar-refractivity contribution in [3.63, 3.8) is 0 Å². The SMILES string of the molecule is COc1ccc(C(=O)N/N=C\c2cc([N+](=O)[O-])ccc2N2CCOCC2)cc1. The summed E-state index contributed by atoms with van der Waals surface area (Å²) in [5.41, 5.74) is 4.17. The molecule has 1 aliphatic rings. The van der Waals surface area contributed by atoms with Crippen LogP contribution >= 0.6 is 0 Å². The molecule has 1 aliphatic heterocycles. The van der Waals surface area contributed by atoms with Crippen molar-refractivity contribution < 1.29 is 19.2 Å². The van der Waals surface area contributed by atoms with E-state index in [1.807, 2.05) is 0 Å². The topological polar surface area (TPSA) is 106 Å². The van der Waals surface area contributed by atoms with Crippen molar-refractivity contribution in [2.24, 2.45) is 5.10 Å². The number of carbonyl (C=O) groups is 1. The molecule has 1 heterocycles. The number of rotatable bonds is 6. The summed E-state index contributed by atoms with van der Waals surface area (Å²) in [5, 5.41) is 15.1. The fourth-order valence-corrected chi connectivity index (χ4v) is 2.82. The molecule has 1 amide bonds. The Balaban J connectivity index is 1.77. The van der Waals surface area contributed by atoms with Gasteiger partial charge in [-0.05, 0) is 30.3 Å². The highest BCUT2D eigenvalue weighted by molar-refractivity contribution is 5.95. The maximum absolute atomic E-state index is 12.2. The van der Waals surface area contributed by atoms with Crippen LogP contribution in [0.1, 0.15) is 15.9 Å². The predicted octanol–water partition coefficient (Wildman–Crippen LogP) is 2.20. The van der Waals surface area contributed by atoms with E-state index in [1.54, 1.807) is 37.4 Å². The van der Waals surface area contributed by atoms with Gasteiger partial charge in [-0.2, -0.15) is 5.10 Å². The average molecular weight is 384 g/mol. The number of hydrogen-bond acceptors (Lipinski definition) is 7. The lowest BCUT2D eigenvalue weighted by molar-refractivity contribution is -0.384. The van der Waals surface area contributed by atoms with Gasteiger partial charge in [-0.15, -0.1) is 0 Å². The van der Waals surface area contributed by atoms with E-state index in [9.17, 15) is 14.9 Å². The summed E-state index contributed by atoms with van der Waals surface area (Å²) in [7, 11) is 1.55. The van der Waals surface area contributed by atoms with Crippen molar-refractivity contribution in [3.8, 4) is 5.75 Å². The maximum atomic E-state index is 12.2. The minimum Gasteiger partial charge on any atom is -0.497 e. The standard InChI is InChI=1S/C19H20N4O5/c1-27-17-5-2-14(3-6-17)19(24)21-20-13-15-12-16(23(25)26)4-7-18(15)22-8-10-28-11-9-22/h2-7,12-13H,8-11H2,1H3,(H,21,24)/b20-13-. The van der Waals surface area contributed by atoms with Crippen LogP contribution < -0.4 is 15.1 Å². The van der Waals surface area contributed by atoms with Crippen molar-refractivity contribution in [3.05, 3.63) is 63.7 Å². The number of nitrogens with one attached hydrogen (secondary N) is 1. The van der Waals surface area contributed by atoms with Crippen LogP contribution in [-0.4, -0.2) is 50.5 Å². The maximum Gasteiger partial charge on any atom is 0.271 e. The molecule has 0 atom stereocenters. The largest absolute Gasteiger partial charge is 0.497 e. The van der Waals surface area contributed by atoms with Crippen molar-refractivity contribution in [2.45, 2.75) is 0 Å². The van der Waals surface area contributed by atoms with Crippen molar-refractivity contribution in [1.82, 2.24) is 5.43 Å². The van der Waals surface area contributed by atoms with Crippen molar-refractivity contribution >= 4 is 23.5 Å². The molecule has 0 aromatic heterocycles. The van der Waals surface area contributed by atoms with Gasteiger partial charge < -0.3 is 14.4 Å². The number of anilines is 1. The van der Waals surface area contributed by atoms with Gasteiger partial charge in [-0.25, -0.2) is 5.43 Å². The van der Waals surface area contributed by atoms with Crippen LogP contribution in [0.4, 0.5) is 11.4 Å². The van der Waals surface area contributed by atoms with Gasteiger partial charge in [0.15, 0.2) is 0 Å². The van der Waals surface area contributed by atoms with Gasteiger partial charge in [-0.3, -0.25) is 14.9 Å². The van der Waals surface area contributed by atoms with E-state index in [1.165, 1.54) is 18.3 Å². The molecule has 0 spiro atoms. The normalized spacial score (nSPS) is 14.1. The summed E-state index contributed by atoms with van der Waals surface area (Å²) in [6, 6.07) is 11.2. The molecule has 9 heteroatoms. The number of methoxy groups -OCH3 is 1. The summed E-state index contributed by atoms with van der Waals surface area (Å²) < 4.78 is 10.4. The fourth-order valence-electron chi connectivity index (χ4n) is 2.82. The van der Waals surface area contributed by atoms with E-state index in [0.29, 0.717) is 43.2 Å². The van der Waals surface area contributed by atoms with Crippen LogP contribution in [0.2, 0.25) is 0 Å². The molecular weight excluding hydrogens is 364 g/mol. The summed E-state index contributed by atoms with van der Waals surface area (Å²) in [6.07, 6.45) is 1.42. The lowest BCUT2D eigenvalue weighted by Crippen LogP contribution is -2.36. The Hall–Kier alpha value is -3.46. The van der Waals surface area contributed by atoms with Gasteiger partial charge in [0, 0.05) is 42.0 Å². The van der Waals surface area contributed by atoms with Crippen molar-refractivity contribution in [2.75, 3.05) is 38.3 Å². The van der Waals surface area contributed by atoms with E-state index in [4.69, 9.17) is 9.47 Å². The number of nitro groups is 1. The molecule has 3 rings (SSSR count). The second-order valence-corrected chi connectivity index (χ2v) is 6.03. The lowest BCUT2D eigenvalue weighted by atomic mass is 10.1. The van der Waals surface area contributed by atoms with E-state index in [0.717, 1.165) is 5.69 Å². The third-order valence-electron chi connectivity index (χ3n) is 4.30. The first-order chi connectivity index (χ1) is 13.6. The van der Waals surface area contributed by atoms with Gasteiger partial charge in [0.05, 0.1) is 31.5 Å². The summed E-state index contributed by atoms with van der Waals surface area (Å²) in [4.78, 5) is 24.9. The molecule has 28 heavy (non-hydrogen) atoms. The van der Waals surface area contributed by atoms with E-state index in [2.05, 4.69) is 15.4 Å². The van der Waals surface area contributed by atoms with Crippen LogP contribution in [0.5, 0.6) is 5.75 Å². The molecule has 0 radical (unpaired) electrons. The number of hydrogen-bond donors (Lipinski definition) is 1. The average Bonchev–Trinajstić information content (AvgIpc) is 2.74. The first-order valence-electron chi connectivity index (χ1n) is 8.67.